The molecule has 2 nitrogen and oxygen atoms in total. The van der Waals surface area contributed by atoms with Crippen LogP contribution in [0.4, 0.5) is 4.39 Å². The molecule has 0 amide bonds. The Labute approximate surface area is 136 Å². The lowest BCUT2D eigenvalue weighted by Crippen LogP contribution is -2.21. The van der Waals surface area contributed by atoms with Crippen LogP contribution in [-0.4, -0.2) is 11.7 Å². The maximum Gasteiger partial charge on any atom is 0.145 e. The highest BCUT2D eigenvalue weighted by Crippen LogP contribution is 2.37. The summed E-state index contributed by atoms with van der Waals surface area (Å²) >= 11 is 9.28. The highest BCUT2D eigenvalue weighted by atomic mass is 79.9. The zero-order valence-corrected chi connectivity index (χ0v) is 13.8. The summed E-state index contributed by atoms with van der Waals surface area (Å²) in [6.45, 7) is 2.04. The van der Waals surface area contributed by atoms with Gasteiger partial charge in [0.1, 0.15) is 5.82 Å². The third-order valence-electron chi connectivity index (χ3n) is 3.56. The highest BCUT2D eigenvalue weighted by molar-refractivity contribution is 9.10. The molecule has 0 aliphatic carbocycles. The van der Waals surface area contributed by atoms with Crippen LogP contribution in [0.1, 0.15) is 28.7 Å². The molecule has 0 saturated carbocycles. The Bertz CT molecular complexity index is 650. The van der Waals surface area contributed by atoms with E-state index in [4.69, 9.17) is 17.3 Å². The minimum Gasteiger partial charge on any atom is -0.388 e. The molecule has 0 aliphatic rings. The average Bonchev–Trinajstić information content (AvgIpc) is 2.47. The van der Waals surface area contributed by atoms with Gasteiger partial charge < -0.3 is 10.8 Å². The Balaban J connectivity index is 2.46. The van der Waals surface area contributed by atoms with Gasteiger partial charge in [-0.2, -0.15) is 0 Å². The zero-order valence-electron chi connectivity index (χ0n) is 11.5. The molecule has 112 valence electrons. The number of rotatable bonds is 4. The lowest BCUT2D eigenvalue weighted by molar-refractivity contribution is 0.145. The number of nitrogens with two attached hydrogens (primary N) is 1. The van der Waals surface area contributed by atoms with Crippen molar-refractivity contribution >= 4 is 27.5 Å². The molecule has 0 fully saturated rings. The van der Waals surface area contributed by atoms with Gasteiger partial charge in [0.2, 0.25) is 0 Å². The predicted molar refractivity (Wildman–Crippen MR) is 87.0 cm³/mol. The van der Waals surface area contributed by atoms with Crippen LogP contribution in [0.25, 0.3) is 0 Å². The number of aliphatic hydroxyl groups is 1. The normalized spacial score (nSPS) is 14.0. The lowest BCUT2D eigenvalue weighted by Gasteiger charge is -2.24. The number of aryl methyl sites for hydroxylation is 1. The zero-order chi connectivity index (χ0) is 15.6. The first kappa shape index (κ1) is 16.4. The third-order valence-corrected chi connectivity index (χ3v) is 4.93. The summed E-state index contributed by atoms with van der Waals surface area (Å²) in [5.74, 6) is -1.10. The van der Waals surface area contributed by atoms with Gasteiger partial charge in [0.05, 0.1) is 11.1 Å². The van der Waals surface area contributed by atoms with Crippen molar-refractivity contribution < 1.29 is 9.50 Å². The molecule has 0 aromatic heterocycles. The van der Waals surface area contributed by atoms with Crippen LogP contribution in [0.2, 0.25) is 5.02 Å². The average molecular weight is 373 g/mol. The lowest BCUT2D eigenvalue weighted by atomic mass is 9.88. The largest absolute Gasteiger partial charge is 0.388 e. The van der Waals surface area contributed by atoms with Crippen molar-refractivity contribution in [2.24, 2.45) is 5.73 Å². The van der Waals surface area contributed by atoms with Crippen molar-refractivity contribution in [1.29, 1.82) is 0 Å². The summed E-state index contributed by atoms with van der Waals surface area (Å²) in [6, 6.07) is 10.3. The summed E-state index contributed by atoms with van der Waals surface area (Å²) in [5, 5.41) is 10.7. The minimum absolute atomic E-state index is 0.0291. The molecule has 0 radical (unpaired) electrons. The van der Waals surface area contributed by atoms with Crippen LogP contribution in [0.3, 0.4) is 0 Å². The molecule has 0 heterocycles. The van der Waals surface area contributed by atoms with E-state index in [1.54, 1.807) is 18.2 Å². The van der Waals surface area contributed by atoms with Crippen LogP contribution in [0.5, 0.6) is 0 Å². The smallest absolute Gasteiger partial charge is 0.145 e. The van der Waals surface area contributed by atoms with Gasteiger partial charge in [-0.05, 0) is 29.7 Å². The number of hydrogen-bond acceptors (Lipinski definition) is 2. The highest BCUT2D eigenvalue weighted by Gasteiger charge is 2.26. The predicted octanol–water partition coefficient (Wildman–Crippen LogP) is 4.33. The van der Waals surface area contributed by atoms with E-state index < -0.39 is 17.8 Å². The van der Waals surface area contributed by atoms with Gasteiger partial charge in [-0.15, -0.1) is 0 Å². The second-order valence-electron chi connectivity index (χ2n) is 4.91. The van der Waals surface area contributed by atoms with Crippen LogP contribution in [0, 0.1) is 12.7 Å². The first-order valence-electron chi connectivity index (χ1n) is 6.54. The Morgan fingerprint density at radius 3 is 2.52 bits per heavy atom. The Kier molecular flexibility index (Phi) is 5.38. The first-order chi connectivity index (χ1) is 9.97. The monoisotopic (exact) mass is 371 g/mol. The number of hydrogen-bond donors (Lipinski definition) is 2. The maximum atomic E-state index is 14.2. The molecular formula is C16H16BrClFNO. The summed E-state index contributed by atoms with van der Waals surface area (Å²) < 4.78 is 15.0. The molecule has 2 unspecified atom stereocenters. The van der Waals surface area contributed by atoms with Crippen LogP contribution in [0.15, 0.2) is 40.9 Å². The van der Waals surface area contributed by atoms with E-state index in [9.17, 15) is 9.50 Å². The van der Waals surface area contributed by atoms with E-state index in [2.05, 4.69) is 15.9 Å². The second-order valence-corrected chi connectivity index (χ2v) is 6.11. The van der Waals surface area contributed by atoms with Gasteiger partial charge in [0, 0.05) is 16.9 Å². The number of benzene rings is 2. The SMILES string of the molecule is Cc1cccc(C(O)C(CN)c2cccc(Cl)c2F)c1Br. The van der Waals surface area contributed by atoms with Gasteiger partial charge in [-0.3, -0.25) is 0 Å². The van der Waals surface area contributed by atoms with E-state index >= 15 is 0 Å². The van der Waals surface area contributed by atoms with Crippen LogP contribution in [-0.2, 0) is 0 Å². The van der Waals surface area contributed by atoms with Crippen molar-refractivity contribution in [3.8, 4) is 0 Å². The van der Waals surface area contributed by atoms with Crippen molar-refractivity contribution in [3.63, 3.8) is 0 Å². The molecular weight excluding hydrogens is 357 g/mol. The van der Waals surface area contributed by atoms with Crippen LogP contribution < -0.4 is 5.73 Å². The third kappa shape index (κ3) is 3.29. The van der Waals surface area contributed by atoms with Crippen molar-refractivity contribution in [1.82, 2.24) is 0 Å². The topological polar surface area (TPSA) is 46.2 Å². The molecule has 5 heteroatoms. The quantitative estimate of drug-likeness (QED) is 0.839. The van der Waals surface area contributed by atoms with Gasteiger partial charge in [-0.1, -0.05) is 57.9 Å². The van der Waals surface area contributed by atoms with E-state index in [1.807, 2.05) is 19.1 Å². The number of aliphatic hydroxyl groups excluding tert-OH is 1. The van der Waals surface area contributed by atoms with Crippen molar-refractivity contribution in [2.45, 2.75) is 18.9 Å². The van der Waals surface area contributed by atoms with Crippen LogP contribution >= 0.6 is 27.5 Å². The molecule has 2 aromatic rings. The summed E-state index contributed by atoms with van der Waals surface area (Å²) in [7, 11) is 0. The fourth-order valence-electron chi connectivity index (χ4n) is 2.35. The van der Waals surface area contributed by atoms with E-state index in [0.717, 1.165) is 10.0 Å². The molecule has 3 N–H and O–H groups in total. The molecule has 2 rings (SSSR count). The molecule has 0 spiro atoms. The summed E-state index contributed by atoms with van der Waals surface area (Å²) in [6.07, 6.45) is -0.919. The summed E-state index contributed by atoms with van der Waals surface area (Å²) in [4.78, 5) is 0. The summed E-state index contributed by atoms with van der Waals surface area (Å²) in [5.41, 5.74) is 7.77. The Hall–Kier alpha value is -0.940. The van der Waals surface area contributed by atoms with Crippen molar-refractivity contribution in [3.05, 3.63) is 68.4 Å². The standard InChI is InChI=1S/C16H16BrClFNO/c1-9-4-2-6-11(14(9)17)16(21)12(8-20)10-5-3-7-13(18)15(10)19/h2-7,12,16,21H,8,20H2,1H3. The Morgan fingerprint density at radius 2 is 1.86 bits per heavy atom. The van der Waals surface area contributed by atoms with E-state index in [1.165, 1.54) is 6.07 Å². The Morgan fingerprint density at radius 1 is 1.24 bits per heavy atom. The molecule has 0 aliphatic heterocycles. The maximum absolute atomic E-state index is 14.2. The second kappa shape index (κ2) is 6.88. The molecule has 2 aromatic carbocycles. The minimum atomic E-state index is -0.919. The van der Waals surface area contributed by atoms with Gasteiger partial charge in [0.15, 0.2) is 0 Å². The first-order valence-corrected chi connectivity index (χ1v) is 7.71. The fourth-order valence-corrected chi connectivity index (χ4v) is 3.03. The fraction of sp³-hybridized carbons (Fsp3) is 0.250. The van der Waals surface area contributed by atoms with Gasteiger partial charge in [-0.25, -0.2) is 4.39 Å². The van der Waals surface area contributed by atoms with E-state index in [-0.39, 0.29) is 11.6 Å². The van der Waals surface area contributed by atoms with Crippen molar-refractivity contribution in [2.75, 3.05) is 6.54 Å². The van der Waals surface area contributed by atoms with Gasteiger partial charge >= 0.3 is 0 Å². The molecule has 0 saturated heterocycles. The molecule has 0 bridgehead atoms. The molecule has 2 atom stereocenters. The number of halogens is 3. The van der Waals surface area contributed by atoms with Gasteiger partial charge in [0.25, 0.3) is 0 Å². The molecule has 21 heavy (non-hydrogen) atoms. The van der Waals surface area contributed by atoms with E-state index in [0.29, 0.717) is 11.1 Å².